The van der Waals surface area contributed by atoms with Gasteiger partial charge in [0.25, 0.3) is 5.91 Å². The lowest BCUT2D eigenvalue weighted by atomic mass is 9.73. The molecule has 2 aromatic rings. The van der Waals surface area contributed by atoms with Crippen molar-refractivity contribution in [3.8, 4) is 11.1 Å². The summed E-state index contributed by atoms with van der Waals surface area (Å²) in [5.74, 6) is -0.139. The summed E-state index contributed by atoms with van der Waals surface area (Å²) in [5.41, 5.74) is 3.04. The molecule has 1 aliphatic rings. The fourth-order valence-corrected chi connectivity index (χ4v) is 4.16. The van der Waals surface area contributed by atoms with Crippen molar-refractivity contribution in [3.63, 3.8) is 0 Å². The molecule has 1 atom stereocenters. The normalized spacial score (nSPS) is 16.4. The molecule has 0 bridgehead atoms. The van der Waals surface area contributed by atoms with Crippen LogP contribution >= 0.6 is 0 Å². The summed E-state index contributed by atoms with van der Waals surface area (Å²) < 4.78 is 5.56. The molecule has 6 nitrogen and oxygen atoms in total. The quantitative estimate of drug-likeness (QED) is 0.590. The Morgan fingerprint density at radius 2 is 1.75 bits per heavy atom. The smallest absolute Gasteiger partial charge is 0.251 e. The van der Waals surface area contributed by atoms with E-state index in [9.17, 15) is 14.7 Å². The Bertz CT molecular complexity index is 935. The highest BCUT2D eigenvalue weighted by Gasteiger charge is 2.41. The van der Waals surface area contributed by atoms with Crippen molar-refractivity contribution in [1.29, 1.82) is 0 Å². The Balaban J connectivity index is 1.93. The van der Waals surface area contributed by atoms with Gasteiger partial charge in [-0.2, -0.15) is 0 Å². The second kappa shape index (κ2) is 10.7. The largest absolute Gasteiger partial charge is 0.394 e. The molecule has 0 aromatic heterocycles. The molecular weight excluding hydrogens is 404 g/mol. The van der Waals surface area contributed by atoms with Crippen LogP contribution in [-0.2, 0) is 16.0 Å². The van der Waals surface area contributed by atoms with Gasteiger partial charge in [0.1, 0.15) is 0 Å². The molecule has 2 amide bonds. The molecule has 0 spiro atoms. The number of ether oxygens (including phenoxy) is 1. The van der Waals surface area contributed by atoms with Gasteiger partial charge in [0.05, 0.1) is 12.0 Å². The predicted octanol–water partition coefficient (Wildman–Crippen LogP) is 3.33. The zero-order chi connectivity index (χ0) is 23.1. The van der Waals surface area contributed by atoms with Crippen LogP contribution in [-0.4, -0.2) is 48.8 Å². The molecule has 1 heterocycles. The SMILES string of the molecule is CC(C)NC(=O)c1cccc(-c2ccccc2CC2(C(=O)N[C@H](C)CO)CCOCC2)c1. The molecule has 0 radical (unpaired) electrons. The molecule has 1 fully saturated rings. The first-order valence-electron chi connectivity index (χ1n) is 11.3. The molecule has 3 rings (SSSR count). The Kier molecular flexibility index (Phi) is 8.04. The topological polar surface area (TPSA) is 87.7 Å². The van der Waals surface area contributed by atoms with E-state index < -0.39 is 5.41 Å². The van der Waals surface area contributed by atoms with Crippen LogP contribution in [0, 0.1) is 5.41 Å². The minimum absolute atomic E-state index is 0.0396. The van der Waals surface area contributed by atoms with Crippen molar-refractivity contribution in [2.24, 2.45) is 5.41 Å². The minimum Gasteiger partial charge on any atom is -0.394 e. The first kappa shape index (κ1) is 24.0. The summed E-state index contributed by atoms with van der Waals surface area (Å²) >= 11 is 0. The fourth-order valence-electron chi connectivity index (χ4n) is 4.16. The number of hydrogen-bond donors (Lipinski definition) is 3. The van der Waals surface area contributed by atoms with Gasteiger partial charge in [-0.15, -0.1) is 0 Å². The van der Waals surface area contributed by atoms with Gasteiger partial charge in [0.2, 0.25) is 5.91 Å². The highest BCUT2D eigenvalue weighted by atomic mass is 16.5. The lowest BCUT2D eigenvalue weighted by molar-refractivity contribution is -0.137. The summed E-state index contributed by atoms with van der Waals surface area (Å²) in [6, 6.07) is 15.4. The zero-order valence-electron chi connectivity index (χ0n) is 19.2. The van der Waals surface area contributed by atoms with Crippen molar-refractivity contribution in [3.05, 3.63) is 59.7 Å². The molecule has 0 aliphatic carbocycles. The van der Waals surface area contributed by atoms with E-state index in [1.54, 1.807) is 6.92 Å². The summed E-state index contributed by atoms with van der Waals surface area (Å²) in [6.07, 6.45) is 1.82. The molecule has 1 saturated heterocycles. The first-order valence-corrected chi connectivity index (χ1v) is 11.3. The predicted molar refractivity (Wildman–Crippen MR) is 125 cm³/mol. The van der Waals surface area contributed by atoms with Gasteiger partial charge < -0.3 is 20.5 Å². The van der Waals surface area contributed by atoms with Crippen molar-refractivity contribution in [2.45, 2.75) is 52.1 Å². The Morgan fingerprint density at radius 1 is 1.03 bits per heavy atom. The second-order valence-corrected chi connectivity index (χ2v) is 8.99. The monoisotopic (exact) mass is 438 g/mol. The molecule has 1 aliphatic heterocycles. The average molecular weight is 439 g/mol. The minimum atomic E-state index is -0.593. The van der Waals surface area contributed by atoms with Crippen LogP contribution in [0.5, 0.6) is 0 Å². The molecular formula is C26H34N2O4. The molecule has 172 valence electrons. The zero-order valence-corrected chi connectivity index (χ0v) is 19.2. The van der Waals surface area contributed by atoms with Gasteiger partial charge in [-0.25, -0.2) is 0 Å². The van der Waals surface area contributed by atoms with Crippen LogP contribution in [0.25, 0.3) is 11.1 Å². The second-order valence-electron chi connectivity index (χ2n) is 8.99. The van der Waals surface area contributed by atoms with Crippen LogP contribution in [0.3, 0.4) is 0 Å². The van der Waals surface area contributed by atoms with Crippen molar-refractivity contribution >= 4 is 11.8 Å². The number of amides is 2. The number of nitrogens with one attached hydrogen (secondary N) is 2. The third-order valence-corrected chi connectivity index (χ3v) is 5.98. The standard InChI is InChI=1S/C26H34N2O4/c1-18(2)27-24(30)21-9-6-8-20(15-21)23-10-5-4-7-22(23)16-26(11-13-32-14-12-26)25(31)28-19(3)17-29/h4-10,15,18-19,29H,11-14,16-17H2,1-3H3,(H,27,30)(H,28,31)/t19-/m1/s1. The van der Waals surface area contributed by atoms with Gasteiger partial charge in [-0.3, -0.25) is 9.59 Å². The number of benzene rings is 2. The Hall–Kier alpha value is -2.70. The number of carbonyl (C=O) groups is 2. The van der Waals surface area contributed by atoms with Crippen LogP contribution in [0.15, 0.2) is 48.5 Å². The molecule has 6 heteroatoms. The van der Waals surface area contributed by atoms with Gasteiger partial charge in [0.15, 0.2) is 0 Å². The summed E-state index contributed by atoms with van der Waals surface area (Å²) in [6.45, 7) is 6.65. The summed E-state index contributed by atoms with van der Waals surface area (Å²) in [7, 11) is 0. The van der Waals surface area contributed by atoms with Gasteiger partial charge >= 0.3 is 0 Å². The first-order chi connectivity index (χ1) is 15.3. The van der Waals surface area contributed by atoms with Crippen molar-refractivity contribution in [1.82, 2.24) is 10.6 Å². The maximum Gasteiger partial charge on any atom is 0.251 e. The Morgan fingerprint density at radius 3 is 2.44 bits per heavy atom. The van der Waals surface area contributed by atoms with Gasteiger partial charge in [-0.05, 0) is 68.9 Å². The van der Waals surface area contributed by atoms with Crippen molar-refractivity contribution in [2.75, 3.05) is 19.8 Å². The number of rotatable bonds is 8. The number of hydrogen-bond acceptors (Lipinski definition) is 4. The average Bonchev–Trinajstić information content (AvgIpc) is 2.79. The molecule has 32 heavy (non-hydrogen) atoms. The molecule has 2 aromatic carbocycles. The number of aliphatic hydroxyl groups excluding tert-OH is 1. The van der Waals surface area contributed by atoms with E-state index in [2.05, 4.69) is 16.7 Å². The highest BCUT2D eigenvalue weighted by molar-refractivity contribution is 5.95. The summed E-state index contributed by atoms with van der Waals surface area (Å²) in [5, 5.41) is 15.3. The van der Waals surface area contributed by atoms with Crippen LogP contribution < -0.4 is 10.6 Å². The van der Waals surface area contributed by atoms with E-state index in [1.807, 2.05) is 56.3 Å². The van der Waals surface area contributed by atoms with E-state index >= 15 is 0 Å². The molecule has 3 N–H and O–H groups in total. The maximum atomic E-state index is 13.3. The van der Waals surface area contributed by atoms with E-state index in [0.717, 1.165) is 16.7 Å². The molecule has 0 saturated carbocycles. The van der Waals surface area contributed by atoms with Gasteiger partial charge in [-0.1, -0.05) is 36.4 Å². The number of aliphatic hydroxyl groups is 1. The van der Waals surface area contributed by atoms with Crippen LogP contribution in [0.2, 0.25) is 0 Å². The third kappa shape index (κ3) is 5.75. The molecule has 0 unspecified atom stereocenters. The lowest BCUT2D eigenvalue weighted by Gasteiger charge is -2.37. The van der Waals surface area contributed by atoms with Gasteiger partial charge in [0, 0.05) is 30.9 Å². The summed E-state index contributed by atoms with van der Waals surface area (Å²) in [4.78, 5) is 25.8. The maximum absolute atomic E-state index is 13.3. The Labute approximate surface area is 190 Å². The van der Waals surface area contributed by atoms with Crippen LogP contribution in [0.4, 0.5) is 0 Å². The third-order valence-electron chi connectivity index (χ3n) is 5.98. The highest BCUT2D eigenvalue weighted by Crippen LogP contribution is 2.38. The van der Waals surface area contributed by atoms with Crippen molar-refractivity contribution < 1.29 is 19.4 Å². The fraction of sp³-hybridized carbons (Fsp3) is 0.462. The van der Waals surface area contributed by atoms with Crippen LogP contribution in [0.1, 0.15) is 49.5 Å². The van der Waals surface area contributed by atoms with E-state index in [0.29, 0.717) is 38.0 Å². The van der Waals surface area contributed by atoms with E-state index in [-0.39, 0.29) is 30.5 Å². The van der Waals surface area contributed by atoms with E-state index in [4.69, 9.17) is 4.74 Å². The van der Waals surface area contributed by atoms with E-state index in [1.165, 1.54) is 0 Å². The number of carbonyl (C=O) groups excluding carboxylic acids is 2. The lowest BCUT2D eigenvalue weighted by Crippen LogP contribution is -2.49.